The van der Waals surface area contributed by atoms with Crippen LogP contribution < -0.4 is 20.4 Å². The van der Waals surface area contributed by atoms with Crippen molar-refractivity contribution in [1.82, 2.24) is 10.2 Å². The normalized spacial score (nSPS) is 13.8. The monoisotopic (exact) mass is 556 g/mol. The van der Waals surface area contributed by atoms with Gasteiger partial charge in [0.2, 0.25) is 0 Å². The number of piperazine rings is 1. The number of anilines is 1. The topological polar surface area (TPSA) is 118 Å². The molecular weight excluding hydrogens is 524 g/mol. The van der Waals surface area contributed by atoms with Crippen LogP contribution in [0.3, 0.4) is 0 Å². The quantitative estimate of drug-likeness (QED) is 0.180. The molecule has 0 aliphatic carbocycles. The molecule has 1 saturated heterocycles. The Morgan fingerprint density at radius 2 is 1.76 bits per heavy atom. The van der Waals surface area contributed by atoms with E-state index in [4.69, 9.17) is 9.15 Å². The van der Waals surface area contributed by atoms with Gasteiger partial charge in [-0.3, -0.25) is 24.6 Å². The summed E-state index contributed by atoms with van der Waals surface area (Å²) in [7, 11) is 1.68. The number of carbonyl (C=O) groups is 1. The molecule has 0 bridgehead atoms. The summed E-state index contributed by atoms with van der Waals surface area (Å²) in [4.78, 5) is 42.1. The highest BCUT2D eigenvalue weighted by Gasteiger charge is 2.24. The van der Waals surface area contributed by atoms with Crippen LogP contribution in [-0.4, -0.2) is 62.1 Å². The van der Waals surface area contributed by atoms with Gasteiger partial charge < -0.3 is 19.4 Å². The number of non-ortho nitro benzene ring substituents is 1. The van der Waals surface area contributed by atoms with Gasteiger partial charge in [-0.2, -0.15) is 0 Å². The Morgan fingerprint density at radius 3 is 2.46 bits per heavy atom. The highest BCUT2D eigenvalue weighted by atomic mass is 16.6. The molecule has 0 radical (unpaired) electrons. The molecule has 5 rings (SSSR count). The molecule has 1 aromatic heterocycles. The lowest BCUT2D eigenvalue weighted by Crippen LogP contribution is -2.47. The number of nitrogens with one attached hydrogen (secondary N) is 1. The Labute approximate surface area is 237 Å². The lowest BCUT2D eigenvalue weighted by molar-refractivity contribution is -0.384. The fourth-order valence-electron chi connectivity index (χ4n) is 5.22. The van der Waals surface area contributed by atoms with Gasteiger partial charge in [0.1, 0.15) is 11.5 Å². The average molecular weight is 557 g/mol. The Bertz CT molecular complexity index is 1630. The number of amides is 1. The van der Waals surface area contributed by atoms with Crippen LogP contribution in [0.4, 0.5) is 11.4 Å². The van der Waals surface area contributed by atoms with Crippen LogP contribution in [0, 0.1) is 17.0 Å². The first-order valence-electron chi connectivity index (χ1n) is 13.6. The van der Waals surface area contributed by atoms with E-state index in [1.165, 1.54) is 12.1 Å². The summed E-state index contributed by atoms with van der Waals surface area (Å²) in [5, 5.41) is 14.5. The Kier molecular flexibility index (Phi) is 8.30. The molecule has 212 valence electrons. The molecule has 10 heteroatoms. The van der Waals surface area contributed by atoms with Crippen molar-refractivity contribution in [2.75, 3.05) is 51.3 Å². The number of rotatable bonds is 9. The summed E-state index contributed by atoms with van der Waals surface area (Å²) >= 11 is 0. The van der Waals surface area contributed by atoms with E-state index in [9.17, 15) is 19.7 Å². The van der Waals surface area contributed by atoms with E-state index in [0.717, 1.165) is 44.2 Å². The molecule has 1 amide bonds. The van der Waals surface area contributed by atoms with Crippen LogP contribution in [-0.2, 0) is 0 Å². The van der Waals surface area contributed by atoms with E-state index in [0.29, 0.717) is 29.9 Å². The van der Waals surface area contributed by atoms with E-state index in [1.807, 2.05) is 36.4 Å². The smallest absolute Gasteiger partial charge is 0.271 e. The summed E-state index contributed by atoms with van der Waals surface area (Å²) in [5.41, 5.74) is 1.35. The van der Waals surface area contributed by atoms with E-state index in [2.05, 4.69) is 21.2 Å². The van der Waals surface area contributed by atoms with E-state index in [1.54, 1.807) is 26.2 Å². The fraction of sp³-hybridized carbons (Fsp3) is 0.290. The second-order valence-electron chi connectivity index (χ2n) is 9.99. The molecule has 0 unspecified atom stereocenters. The van der Waals surface area contributed by atoms with Crippen LogP contribution in [0.15, 0.2) is 75.9 Å². The molecule has 1 aliphatic rings. The minimum atomic E-state index is -0.610. The van der Waals surface area contributed by atoms with Crippen molar-refractivity contribution < 1.29 is 18.9 Å². The van der Waals surface area contributed by atoms with Crippen molar-refractivity contribution in [1.29, 1.82) is 0 Å². The third-order valence-electron chi connectivity index (χ3n) is 7.43. The lowest BCUT2D eigenvalue weighted by Gasteiger charge is -2.36. The Hall–Kier alpha value is -4.70. The minimum Gasteiger partial charge on any atom is -0.495 e. The molecule has 0 saturated carbocycles. The number of nitro groups is 1. The molecule has 1 fully saturated rings. The largest absolute Gasteiger partial charge is 0.495 e. The number of benzene rings is 3. The first kappa shape index (κ1) is 27.9. The SMILES string of the molecule is COc1ccccc1N1CCN(CCCNC(=O)c2cc([N+](=O)[O-])cc3c(=O)c(C)c(-c4ccccc4)oc23)CC1. The van der Waals surface area contributed by atoms with Gasteiger partial charge in [-0.25, -0.2) is 0 Å². The van der Waals surface area contributed by atoms with Gasteiger partial charge in [0.25, 0.3) is 11.6 Å². The molecule has 2 heterocycles. The number of para-hydroxylation sites is 2. The first-order valence-corrected chi connectivity index (χ1v) is 13.6. The maximum Gasteiger partial charge on any atom is 0.271 e. The zero-order chi connectivity index (χ0) is 28.9. The van der Waals surface area contributed by atoms with Crippen LogP contribution >= 0.6 is 0 Å². The maximum atomic E-state index is 13.3. The van der Waals surface area contributed by atoms with E-state index < -0.39 is 16.3 Å². The summed E-state index contributed by atoms with van der Waals surface area (Å²) in [5.74, 6) is 0.670. The van der Waals surface area contributed by atoms with Gasteiger partial charge in [0.05, 0.1) is 28.7 Å². The third kappa shape index (κ3) is 5.92. The van der Waals surface area contributed by atoms with E-state index >= 15 is 0 Å². The second-order valence-corrected chi connectivity index (χ2v) is 9.99. The lowest BCUT2D eigenvalue weighted by atomic mass is 10.0. The highest BCUT2D eigenvalue weighted by Crippen LogP contribution is 2.30. The number of ether oxygens (including phenoxy) is 1. The highest BCUT2D eigenvalue weighted by molar-refractivity contribution is 6.06. The second kappa shape index (κ2) is 12.2. The van der Waals surface area contributed by atoms with Crippen molar-refractivity contribution in [2.24, 2.45) is 0 Å². The van der Waals surface area contributed by atoms with Gasteiger partial charge in [0.15, 0.2) is 11.0 Å². The van der Waals surface area contributed by atoms with Crippen molar-refractivity contribution in [3.05, 3.63) is 98.2 Å². The van der Waals surface area contributed by atoms with Gasteiger partial charge >= 0.3 is 0 Å². The van der Waals surface area contributed by atoms with E-state index in [-0.39, 0.29) is 22.2 Å². The summed E-state index contributed by atoms with van der Waals surface area (Å²) < 4.78 is 11.6. The number of nitro benzene ring substituents is 1. The van der Waals surface area contributed by atoms with Crippen LogP contribution in [0.25, 0.3) is 22.3 Å². The number of carbonyl (C=O) groups excluding carboxylic acids is 1. The average Bonchev–Trinajstić information content (AvgIpc) is 3.01. The number of nitrogens with zero attached hydrogens (tertiary/aromatic N) is 3. The van der Waals surface area contributed by atoms with Crippen molar-refractivity contribution in [3.8, 4) is 17.1 Å². The van der Waals surface area contributed by atoms with Crippen LogP contribution in [0.2, 0.25) is 0 Å². The number of hydrogen-bond acceptors (Lipinski definition) is 8. The molecule has 3 aromatic carbocycles. The van der Waals surface area contributed by atoms with Gasteiger partial charge in [-0.1, -0.05) is 42.5 Å². The number of hydrogen-bond donors (Lipinski definition) is 1. The zero-order valence-electron chi connectivity index (χ0n) is 23.1. The molecular formula is C31H32N4O6. The molecule has 1 N–H and O–H groups in total. The molecule has 4 aromatic rings. The zero-order valence-corrected chi connectivity index (χ0v) is 23.1. The van der Waals surface area contributed by atoms with Crippen LogP contribution in [0.1, 0.15) is 22.3 Å². The molecule has 10 nitrogen and oxygen atoms in total. The van der Waals surface area contributed by atoms with Crippen molar-refractivity contribution >= 4 is 28.3 Å². The predicted octanol–water partition coefficient (Wildman–Crippen LogP) is 4.63. The predicted molar refractivity (Wildman–Crippen MR) is 158 cm³/mol. The summed E-state index contributed by atoms with van der Waals surface area (Å²) in [6.07, 6.45) is 0.700. The molecule has 41 heavy (non-hydrogen) atoms. The van der Waals surface area contributed by atoms with Gasteiger partial charge in [-0.15, -0.1) is 0 Å². The van der Waals surface area contributed by atoms with Crippen molar-refractivity contribution in [3.63, 3.8) is 0 Å². The summed E-state index contributed by atoms with van der Waals surface area (Å²) in [6.45, 7) is 6.29. The van der Waals surface area contributed by atoms with Crippen LogP contribution in [0.5, 0.6) is 5.75 Å². The van der Waals surface area contributed by atoms with Gasteiger partial charge in [-0.05, 0) is 32.0 Å². The number of fused-ring (bicyclic) bond motifs is 1. The fourth-order valence-corrected chi connectivity index (χ4v) is 5.22. The minimum absolute atomic E-state index is 0.00875. The number of methoxy groups -OCH3 is 1. The Balaban J connectivity index is 1.27. The van der Waals surface area contributed by atoms with Gasteiger partial charge in [0, 0.05) is 56.0 Å². The summed E-state index contributed by atoms with van der Waals surface area (Å²) in [6, 6.07) is 19.4. The standard InChI is InChI=1S/C31H32N4O6/c1-21-28(36)24-19-23(35(38)39)20-25(30(24)41-29(21)22-9-4-3-5-10-22)31(37)32-13-8-14-33-15-17-34(18-16-33)26-11-6-7-12-27(26)40-2/h3-7,9-12,19-20H,8,13-18H2,1-2H3,(H,32,37). The molecule has 0 atom stereocenters. The maximum absolute atomic E-state index is 13.3. The van der Waals surface area contributed by atoms with Crippen molar-refractivity contribution in [2.45, 2.75) is 13.3 Å². The third-order valence-corrected chi connectivity index (χ3v) is 7.43. The first-order chi connectivity index (χ1) is 19.9. The molecule has 0 spiro atoms. The Morgan fingerprint density at radius 1 is 1.05 bits per heavy atom. The molecule has 1 aliphatic heterocycles.